The number of carbonyl (C=O) groups is 1. The summed E-state index contributed by atoms with van der Waals surface area (Å²) in [5, 5.41) is 12.0. The van der Waals surface area contributed by atoms with Gasteiger partial charge in [-0.25, -0.2) is 0 Å². The molecule has 0 atom stereocenters. The number of benzene rings is 1. The molecule has 0 aliphatic heterocycles. The van der Waals surface area contributed by atoms with Crippen LogP contribution in [0.2, 0.25) is 0 Å². The first kappa shape index (κ1) is 17.3. The second-order valence-electron chi connectivity index (χ2n) is 4.89. The fraction of sp³-hybridized carbons (Fsp3) is 0.222. The zero-order valence-electron chi connectivity index (χ0n) is 13.1. The number of aryl methyl sites for hydroxylation is 1. The molecule has 1 aromatic rings. The number of nitrogens with one attached hydrogen (secondary N) is 1. The van der Waals surface area contributed by atoms with Crippen molar-refractivity contribution in [1.82, 2.24) is 4.90 Å². The van der Waals surface area contributed by atoms with E-state index in [2.05, 4.69) is 18.5 Å². The van der Waals surface area contributed by atoms with E-state index in [0.717, 1.165) is 11.1 Å². The molecule has 0 spiro atoms. The van der Waals surface area contributed by atoms with Gasteiger partial charge in [0.25, 0.3) is 5.91 Å². The first-order valence-electron chi connectivity index (χ1n) is 6.98. The van der Waals surface area contributed by atoms with E-state index in [1.165, 1.54) is 6.20 Å². The van der Waals surface area contributed by atoms with Crippen LogP contribution in [0.4, 0.5) is 5.69 Å². The number of nitriles is 1. The molecule has 1 aromatic carbocycles. The molecule has 1 N–H and O–H groups in total. The lowest BCUT2D eigenvalue weighted by Crippen LogP contribution is -2.21. The minimum absolute atomic E-state index is 0.0459. The molecular formula is C18H21N3O. The number of hydrogen-bond acceptors (Lipinski definition) is 3. The third-order valence-corrected chi connectivity index (χ3v) is 3.26. The van der Waals surface area contributed by atoms with Crippen molar-refractivity contribution in [2.75, 3.05) is 18.4 Å². The van der Waals surface area contributed by atoms with Crippen molar-refractivity contribution in [3.8, 4) is 6.07 Å². The Balaban J connectivity index is 2.97. The van der Waals surface area contributed by atoms with Gasteiger partial charge in [0.05, 0.1) is 0 Å². The lowest BCUT2D eigenvalue weighted by molar-refractivity contribution is -0.112. The number of hydrogen-bond donors (Lipinski definition) is 1. The van der Waals surface area contributed by atoms with E-state index in [1.54, 1.807) is 17.1 Å². The number of carbonyl (C=O) groups excluding carboxylic acids is 1. The van der Waals surface area contributed by atoms with Crippen molar-refractivity contribution in [2.24, 2.45) is 0 Å². The summed E-state index contributed by atoms with van der Waals surface area (Å²) in [6.45, 7) is 12.3. The molecule has 1 amide bonds. The standard InChI is InChI=1S/C18H21N3O/c1-5-10-21(11-6-2)13-16(12-19)18(22)20-17-9-7-8-14(3)15(17)4/h5-9,13H,1-2,10-11H2,3-4H3,(H,20,22)/b16-13-. The maximum atomic E-state index is 12.3. The van der Waals surface area contributed by atoms with Crippen LogP contribution in [0.1, 0.15) is 11.1 Å². The topological polar surface area (TPSA) is 56.1 Å². The predicted molar refractivity (Wildman–Crippen MR) is 90.2 cm³/mol. The average Bonchev–Trinajstić information content (AvgIpc) is 2.49. The number of anilines is 1. The zero-order chi connectivity index (χ0) is 16.5. The Morgan fingerprint density at radius 2 is 1.95 bits per heavy atom. The quantitative estimate of drug-likeness (QED) is 0.477. The van der Waals surface area contributed by atoms with Crippen LogP contribution in [0, 0.1) is 25.2 Å². The van der Waals surface area contributed by atoms with Crippen molar-refractivity contribution >= 4 is 11.6 Å². The van der Waals surface area contributed by atoms with Gasteiger partial charge in [-0.15, -0.1) is 13.2 Å². The lowest BCUT2D eigenvalue weighted by Gasteiger charge is -2.17. The van der Waals surface area contributed by atoms with Gasteiger partial charge in [0.2, 0.25) is 0 Å². The third kappa shape index (κ3) is 4.64. The Bertz CT molecular complexity index is 628. The summed E-state index contributed by atoms with van der Waals surface area (Å²) in [5.74, 6) is -0.422. The molecule has 4 heteroatoms. The molecule has 0 unspecified atom stereocenters. The van der Waals surface area contributed by atoms with Crippen LogP contribution in [0.3, 0.4) is 0 Å². The van der Waals surface area contributed by atoms with Crippen LogP contribution in [0.25, 0.3) is 0 Å². The summed E-state index contributed by atoms with van der Waals surface area (Å²) in [6, 6.07) is 7.61. The van der Waals surface area contributed by atoms with Gasteiger partial charge in [-0.3, -0.25) is 4.79 Å². The number of nitrogens with zero attached hydrogens (tertiary/aromatic N) is 2. The molecule has 0 fully saturated rings. The van der Waals surface area contributed by atoms with Crippen LogP contribution in [-0.4, -0.2) is 23.9 Å². The first-order chi connectivity index (χ1) is 10.5. The molecule has 0 heterocycles. The number of amides is 1. The molecule has 22 heavy (non-hydrogen) atoms. The van der Waals surface area contributed by atoms with E-state index in [4.69, 9.17) is 0 Å². The first-order valence-corrected chi connectivity index (χ1v) is 6.98. The highest BCUT2D eigenvalue weighted by molar-refractivity contribution is 6.06. The monoisotopic (exact) mass is 295 g/mol. The van der Waals surface area contributed by atoms with Crippen molar-refractivity contribution < 1.29 is 4.79 Å². The SMILES string of the molecule is C=CCN(/C=C(/C#N)C(=O)Nc1cccc(C)c1C)CC=C. The molecule has 0 aromatic heterocycles. The number of rotatable bonds is 7. The summed E-state index contributed by atoms with van der Waals surface area (Å²) in [6.07, 6.45) is 4.94. The highest BCUT2D eigenvalue weighted by Gasteiger charge is 2.12. The lowest BCUT2D eigenvalue weighted by atomic mass is 10.1. The molecule has 114 valence electrons. The fourth-order valence-corrected chi connectivity index (χ4v) is 1.91. The molecule has 0 saturated carbocycles. The van der Waals surface area contributed by atoms with Crippen molar-refractivity contribution in [2.45, 2.75) is 13.8 Å². The molecule has 0 bridgehead atoms. The highest BCUT2D eigenvalue weighted by Crippen LogP contribution is 2.18. The summed E-state index contributed by atoms with van der Waals surface area (Å²) in [7, 11) is 0. The van der Waals surface area contributed by atoms with Gasteiger partial charge in [0, 0.05) is 25.0 Å². The van der Waals surface area contributed by atoms with Crippen LogP contribution in [0.15, 0.2) is 55.3 Å². The Kier molecular flexibility index (Phi) is 6.65. The van der Waals surface area contributed by atoms with Gasteiger partial charge < -0.3 is 10.2 Å². The normalized spacial score (nSPS) is 10.5. The van der Waals surface area contributed by atoms with E-state index in [9.17, 15) is 10.1 Å². The summed E-state index contributed by atoms with van der Waals surface area (Å²) in [5.41, 5.74) is 2.83. The Hall–Kier alpha value is -2.80. The minimum Gasteiger partial charge on any atom is -0.369 e. The summed E-state index contributed by atoms with van der Waals surface area (Å²) >= 11 is 0. The Morgan fingerprint density at radius 3 is 2.50 bits per heavy atom. The Labute approximate surface area is 132 Å². The van der Waals surface area contributed by atoms with E-state index < -0.39 is 5.91 Å². The third-order valence-electron chi connectivity index (χ3n) is 3.26. The molecule has 4 nitrogen and oxygen atoms in total. The fourth-order valence-electron chi connectivity index (χ4n) is 1.91. The van der Waals surface area contributed by atoms with Crippen molar-refractivity contribution in [3.63, 3.8) is 0 Å². The maximum Gasteiger partial charge on any atom is 0.267 e. The van der Waals surface area contributed by atoms with Gasteiger partial charge in [0.1, 0.15) is 11.6 Å². The second-order valence-corrected chi connectivity index (χ2v) is 4.89. The van der Waals surface area contributed by atoms with Gasteiger partial charge in [0.15, 0.2) is 0 Å². The van der Waals surface area contributed by atoms with E-state index in [-0.39, 0.29) is 5.57 Å². The smallest absolute Gasteiger partial charge is 0.267 e. The van der Waals surface area contributed by atoms with Crippen LogP contribution >= 0.6 is 0 Å². The van der Waals surface area contributed by atoms with Gasteiger partial charge in [-0.05, 0) is 31.0 Å². The maximum absolute atomic E-state index is 12.3. The van der Waals surface area contributed by atoms with E-state index in [0.29, 0.717) is 18.8 Å². The van der Waals surface area contributed by atoms with Crippen molar-refractivity contribution in [3.05, 3.63) is 66.4 Å². The summed E-state index contributed by atoms with van der Waals surface area (Å²) in [4.78, 5) is 14.1. The van der Waals surface area contributed by atoms with E-state index >= 15 is 0 Å². The van der Waals surface area contributed by atoms with Crippen LogP contribution < -0.4 is 5.32 Å². The predicted octanol–water partition coefficient (Wildman–Crippen LogP) is 3.32. The molecule has 0 radical (unpaired) electrons. The van der Waals surface area contributed by atoms with Gasteiger partial charge in [-0.1, -0.05) is 24.3 Å². The average molecular weight is 295 g/mol. The largest absolute Gasteiger partial charge is 0.369 e. The van der Waals surface area contributed by atoms with Crippen molar-refractivity contribution in [1.29, 1.82) is 5.26 Å². The molecule has 0 aliphatic rings. The van der Waals surface area contributed by atoms with Crippen LogP contribution in [-0.2, 0) is 4.79 Å². The Morgan fingerprint density at radius 1 is 1.32 bits per heavy atom. The molecule has 0 saturated heterocycles. The van der Waals surface area contributed by atoms with E-state index in [1.807, 2.05) is 38.1 Å². The second kappa shape index (κ2) is 8.48. The molecule has 1 rings (SSSR count). The molecular weight excluding hydrogens is 274 g/mol. The highest BCUT2D eigenvalue weighted by atomic mass is 16.1. The summed E-state index contributed by atoms with van der Waals surface area (Å²) < 4.78 is 0. The van der Waals surface area contributed by atoms with Crippen LogP contribution in [0.5, 0.6) is 0 Å². The van der Waals surface area contributed by atoms with Gasteiger partial charge in [-0.2, -0.15) is 5.26 Å². The zero-order valence-corrected chi connectivity index (χ0v) is 13.1. The van der Waals surface area contributed by atoms with Gasteiger partial charge >= 0.3 is 0 Å². The minimum atomic E-state index is -0.422. The molecule has 0 aliphatic carbocycles.